The van der Waals surface area contributed by atoms with E-state index in [9.17, 15) is 19.5 Å². The lowest BCUT2D eigenvalue weighted by molar-refractivity contribution is -0.155. The van der Waals surface area contributed by atoms with E-state index in [4.69, 9.17) is 9.47 Å². The number of likely N-dealkylation sites (tertiary alicyclic amines) is 1. The highest BCUT2D eigenvalue weighted by Gasteiger charge is 2.78. The summed E-state index contributed by atoms with van der Waals surface area (Å²) in [6.07, 6.45) is 1.93. The maximum absolute atomic E-state index is 14.1. The number of fused-ring (bicyclic) bond motifs is 1. The van der Waals surface area contributed by atoms with Gasteiger partial charge in [0.15, 0.2) is 0 Å². The van der Waals surface area contributed by atoms with Crippen LogP contribution >= 0.6 is 11.8 Å². The van der Waals surface area contributed by atoms with Crippen LogP contribution in [-0.2, 0) is 19.1 Å². The van der Waals surface area contributed by atoms with E-state index in [0.29, 0.717) is 24.3 Å². The summed E-state index contributed by atoms with van der Waals surface area (Å²) in [7, 11) is 1.58. The van der Waals surface area contributed by atoms with E-state index in [1.165, 1.54) is 0 Å². The molecule has 2 bridgehead atoms. The molecular weight excluding hydrogens is 468 g/mol. The fourth-order valence-corrected chi connectivity index (χ4v) is 8.68. The van der Waals surface area contributed by atoms with Gasteiger partial charge in [0.25, 0.3) is 0 Å². The zero-order valence-corrected chi connectivity index (χ0v) is 21.9. The number of hydrogen-bond acceptors (Lipinski definition) is 7. The Morgan fingerprint density at radius 2 is 1.94 bits per heavy atom. The van der Waals surface area contributed by atoms with Gasteiger partial charge in [0.05, 0.1) is 42.9 Å². The summed E-state index contributed by atoms with van der Waals surface area (Å²) < 4.78 is 9.41. The zero-order valence-electron chi connectivity index (χ0n) is 21.1. The molecule has 0 aromatic heterocycles. The molecule has 8 nitrogen and oxygen atoms in total. The van der Waals surface area contributed by atoms with E-state index in [-0.39, 0.29) is 36.9 Å². The Bertz CT molecular complexity index is 985. The molecule has 2 N–H and O–H groups in total. The van der Waals surface area contributed by atoms with E-state index in [1.807, 2.05) is 20.8 Å². The van der Waals surface area contributed by atoms with E-state index < -0.39 is 33.4 Å². The number of carbonyl (C=O) groups is 3. The first-order chi connectivity index (χ1) is 16.6. The highest BCUT2D eigenvalue weighted by Crippen LogP contribution is 2.71. The van der Waals surface area contributed by atoms with Crippen LogP contribution in [0.5, 0.6) is 5.75 Å². The molecule has 3 aliphatic heterocycles. The molecule has 1 aromatic rings. The monoisotopic (exact) mass is 504 g/mol. The molecule has 0 saturated carbocycles. The average Bonchev–Trinajstić information content (AvgIpc) is 3.38. The predicted octanol–water partition coefficient (Wildman–Crippen LogP) is 3.09. The summed E-state index contributed by atoms with van der Waals surface area (Å²) in [6, 6.07) is 5.72. The molecule has 1 aromatic carbocycles. The number of nitrogens with zero attached hydrogens (tertiary/aromatic N) is 1. The van der Waals surface area contributed by atoms with E-state index in [2.05, 4.69) is 5.32 Å². The predicted molar refractivity (Wildman–Crippen MR) is 134 cm³/mol. The number of ether oxygens (including phenoxy) is 2. The second-order valence-corrected chi connectivity index (χ2v) is 12.3. The molecule has 4 rings (SSSR count). The largest absolute Gasteiger partial charge is 0.497 e. The summed E-state index contributed by atoms with van der Waals surface area (Å²) in [5, 5.41) is 13.3. The molecule has 3 aliphatic rings. The number of carbonyl (C=O) groups excluding carboxylic acids is 3. The maximum atomic E-state index is 14.1. The molecule has 2 amide bonds. The summed E-state index contributed by atoms with van der Waals surface area (Å²) >= 11 is 1.60. The summed E-state index contributed by atoms with van der Waals surface area (Å²) in [6.45, 7) is 7.82. The van der Waals surface area contributed by atoms with E-state index in [1.54, 1.807) is 55.0 Å². The number of nitrogens with one attached hydrogen (secondary N) is 1. The Labute approximate surface area is 211 Å². The fraction of sp³-hybridized carbons (Fsp3) is 0.654. The van der Waals surface area contributed by atoms with Crippen molar-refractivity contribution in [2.24, 2.45) is 17.8 Å². The van der Waals surface area contributed by atoms with Crippen LogP contribution in [0.15, 0.2) is 24.3 Å². The second kappa shape index (κ2) is 9.65. The number of methoxy groups -OCH3 is 1. The molecule has 1 spiro atoms. The minimum absolute atomic E-state index is 0.213. The van der Waals surface area contributed by atoms with Gasteiger partial charge in [-0.05, 0) is 63.3 Å². The van der Waals surface area contributed by atoms with Crippen molar-refractivity contribution in [1.82, 2.24) is 4.90 Å². The minimum Gasteiger partial charge on any atom is -0.497 e. The third kappa shape index (κ3) is 4.20. The van der Waals surface area contributed by atoms with Gasteiger partial charge in [-0.15, -0.1) is 11.8 Å². The van der Waals surface area contributed by atoms with Crippen LogP contribution in [0.1, 0.15) is 47.0 Å². The van der Waals surface area contributed by atoms with Crippen LogP contribution < -0.4 is 10.1 Å². The van der Waals surface area contributed by atoms with Gasteiger partial charge in [0.1, 0.15) is 11.8 Å². The lowest BCUT2D eigenvalue weighted by atomic mass is 9.66. The van der Waals surface area contributed by atoms with Gasteiger partial charge >= 0.3 is 5.97 Å². The van der Waals surface area contributed by atoms with E-state index >= 15 is 0 Å². The van der Waals surface area contributed by atoms with Crippen molar-refractivity contribution >= 4 is 35.2 Å². The third-order valence-electron chi connectivity index (χ3n) is 7.71. The number of aliphatic hydroxyl groups is 1. The average molecular weight is 505 g/mol. The fourth-order valence-electron chi connectivity index (χ4n) is 6.35. The first-order valence-electron chi connectivity index (χ1n) is 12.4. The number of esters is 1. The summed E-state index contributed by atoms with van der Waals surface area (Å²) in [4.78, 5) is 42.7. The van der Waals surface area contributed by atoms with Crippen molar-refractivity contribution in [3.8, 4) is 5.75 Å². The van der Waals surface area contributed by atoms with E-state index in [0.717, 1.165) is 6.42 Å². The topological polar surface area (TPSA) is 105 Å². The first kappa shape index (κ1) is 25.8. The highest BCUT2D eigenvalue weighted by atomic mass is 32.2. The summed E-state index contributed by atoms with van der Waals surface area (Å²) in [5.74, 6) is -1.28. The lowest BCUT2D eigenvalue weighted by Gasteiger charge is -2.37. The number of amides is 2. The smallest absolute Gasteiger partial charge is 0.311 e. The van der Waals surface area contributed by atoms with Gasteiger partial charge in [0.2, 0.25) is 11.8 Å². The number of thioether (sulfide) groups is 1. The molecule has 3 heterocycles. The zero-order chi connectivity index (χ0) is 25.5. The number of benzene rings is 1. The van der Waals surface area contributed by atoms with Crippen LogP contribution in [0.2, 0.25) is 0 Å². The van der Waals surface area contributed by atoms with Gasteiger partial charge in [-0.2, -0.15) is 0 Å². The quantitative estimate of drug-likeness (QED) is 0.498. The molecule has 6 atom stereocenters. The Morgan fingerprint density at radius 3 is 2.51 bits per heavy atom. The molecule has 0 aliphatic carbocycles. The normalized spacial score (nSPS) is 32.0. The Hall–Kier alpha value is -2.26. The van der Waals surface area contributed by atoms with Crippen molar-refractivity contribution in [3.63, 3.8) is 0 Å². The van der Waals surface area contributed by atoms with Gasteiger partial charge in [-0.3, -0.25) is 14.4 Å². The van der Waals surface area contributed by atoms with Gasteiger partial charge < -0.3 is 24.8 Å². The Kier molecular flexibility index (Phi) is 7.12. The lowest BCUT2D eigenvalue weighted by Crippen LogP contribution is -2.55. The molecule has 0 radical (unpaired) electrons. The Balaban J connectivity index is 1.75. The minimum atomic E-state index is -0.802. The molecule has 2 unspecified atom stereocenters. The highest BCUT2D eigenvalue weighted by molar-refractivity contribution is 8.02. The van der Waals surface area contributed by atoms with Crippen molar-refractivity contribution in [3.05, 3.63) is 24.3 Å². The number of rotatable bonds is 9. The summed E-state index contributed by atoms with van der Waals surface area (Å²) in [5.41, 5.74) is 0.596. The molecular formula is C26H36N2O6S. The van der Waals surface area contributed by atoms with Gasteiger partial charge in [0, 0.05) is 10.4 Å². The third-order valence-corrected chi connectivity index (χ3v) is 9.69. The van der Waals surface area contributed by atoms with Crippen LogP contribution in [0.3, 0.4) is 0 Å². The van der Waals surface area contributed by atoms with Crippen LogP contribution in [0.4, 0.5) is 5.69 Å². The number of aliphatic hydroxyl groups excluding tert-OH is 1. The molecule has 192 valence electrons. The van der Waals surface area contributed by atoms with Crippen molar-refractivity contribution in [2.45, 2.75) is 68.5 Å². The molecule has 3 saturated heterocycles. The van der Waals surface area contributed by atoms with Gasteiger partial charge in [-0.1, -0.05) is 13.8 Å². The molecule has 35 heavy (non-hydrogen) atoms. The van der Waals surface area contributed by atoms with Crippen LogP contribution in [-0.4, -0.2) is 69.7 Å². The number of anilines is 1. The molecule has 3 fully saturated rings. The SMILES string of the molecule is CCOC(=O)[C@@H]1[C@H]2C(=O)N([C@@H](CO)CC(C)C)C(C(=O)Nc3ccc(OC)cc3)C23CC[C@@]1(C)S3. The van der Waals surface area contributed by atoms with Crippen molar-refractivity contribution < 1.29 is 29.0 Å². The van der Waals surface area contributed by atoms with Crippen molar-refractivity contribution in [1.29, 1.82) is 0 Å². The molecule has 9 heteroatoms. The van der Waals surface area contributed by atoms with Gasteiger partial charge in [-0.25, -0.2) is 0 Å². The van der Waals surface area contributed by atoms with Crippen molar-refractivity contribution in [2.75, 3.05) is 25.6 Å². The second-order valence-electron chi connectivity index (χ2n) is 10.4. The first-order valence-corrected chi connectivity index (χ1v) is 13.2. The standard InChI is InChI=1S/C26H36N2O6S/c1-6-34-24(32)20-19-23(31)28(17(14-29)13-15(2)3)21(26(19)12-11-25(20,4)35-26)22(30)27-16-7-9-18(33-5)10-8-16/h7-10,15,17,19-21,29H,6,11-14H2,1-5H3,(H,27,30)/t17-,19+,20+,21?,25-,26?/m1/s1. The van der Waals surface area contributed by atoms with Crippen LogP contribution in [0, 0.1) is 17.8 Å². The van der Waals surface area contributed by atoms with Crippen LogP contribution in [0.25, 0.3) is 0 Å². The Morgan fingerprint density at radius 1 is 1.26 bits per heavy atom. The maximum Gasteiger partial charge on any atom is 0.311 e. The number of hydrogen-bond donors (Lipinski definition) is 2.